The minimum atomic E-state index is -1.01. The van der Waals surface area contributed by atoms with Gasteiger partial charge in [-0.2, -0.15) is 5.10 Å². The number of carboxylic acids is 1. The first-order valence-electron chi connectivity index (χ1n) is 6.47. The van der Waals surface area contributed by atoms with Crippen LogP contribution >= 0.6 is 0 Å². The number of nitrogens with one attached hydrogen (secondary N) is 1. The third-order valence-corrected chi connectivity index (χ3v) is 3.29. The molecule has 1 aromatic heterocycles. The highest BCUT2D eigenvalue weighted by Crippen LogP contribution is 2.19. The minimum Gasteiger partial charge on any atom is -0.497 e. The van der Waals surface area contributed by atoms with Gasteiger partial charge in [0.15, 0.2) is 5.82 Å². The van der Waals surface area contributed by atoms with Gasteiger partial charge in [-0.1, -0.05) is 12.1 Å². The number of carboxylic acid groups (broad SMARTS) is 1. The van der Waals surface area contributed by atoms with Gasteiger partial charge >= 0.3 is 5.97 Å². The molecule has 0 spiro atoms. The van der Waals surface area contributed by atoms with E-state index in [1.165, 1.54) is 0 Å². The molecule has 0 aliphatic rings. The van der Waals surface area contributed by atoms with Crippen LogP contribution in [0.4, 0.5) is 5.82 Å². The van der Waals surface area contributed by atoms with E-state index in [-0.39, 0.29) is 11.4 Å². The summed E-state index contributed by atoms with van der Waals surface area (Å²) in [4.78, 5) is 11.4. The quantitative estimate of drug-likeness (QED) is 0.878. The fourth-order valence-corrected chi connectivity index (χ4v) is 1.92. The van der Waals surface area contributed by atoms with E-state index < -0.39 is 5.97 Å². The number of hydrogen-bond acceptors (Lipinski definition) is 5. The van der Waals surface area contributed by atoms with Gasteiger partial charge in [0, 0.05) is 6.54 Å². The maximum absolute atomic E-state index is 11.4. The molecule has 0 aliphatic heterocycles. The Morgan fingerprint density at radius 1 is 1.24 bits per heavy atom. The van der Waals surface area contributed by atoms with Crippen LogP contribution in [-0.4, -0.2) is 28.4 Å². The molecule has 2 rings (SSSR count). The van der Waals surface area contributed by atoms with Gasteiger partial charge in [0.25, 0.3) is 0 Å². The second-order valence-corrected chi connectivity index (χ2v) is 4.64. The highest BCUT2D eigenvalue weighted by Gasteiger charge is 2.17. The molecule has 2 N–H and O–H groups in total. The lowest BCUT2D eigenvalue weighted by molar-refractivity contribution is 0.0696. The van der Waals surface area contributed by atoms with Crippen LogP contribution in [0.15, 0.2) is 24.3 Å². The number of anilines is 1. The zero-order chi connectivity index (χ0) is 15.4. The van der Waals surface area contributed by atoms with Crippen molar-refractivity contribution in [1.82, 2.24) is 10.2 Å². The van der Waals surface area contributed by atoms with Crippen molar-refractivity contribution in [1.29, 1.82) is 0 Å². The molecule has 1 aromatic carbocycles. The Bertz CT molecular complexity index is 654. The van der Waals surface area contributed by atoms with E-state index in [2.05, 4.69) is 15.5 Å². The molecule has 21 heavy (non-hydrogen) atoms. The Morgan fingerprint density at radius 2 is 1.90 bits per heavy atom. The SMILES string of the molecule is COc1ccc(CNc2nnc(C)c(C)c2C(=O)O)cc1. The fraction of sp³-hybridized carbons (Fsp3) is 0.267. The van der Waals surface area contributed by atoms with E-state index in [0.29, 0.717) is 17.8 Å². The van der Waals surface area contributed by atoms with Crippen molar-refractivity contribution in [3.63, 3.8) is 0 Å². The number of aryl methyl sites for hydroxylation is 1. The summed E-state index contributed by atoms with van der Waals surface area (Å²) in [5.74, 6) is 0.0418. The molecule has 1 heterocycles. The Morgan fingerprint density at radius 3 is 2.48 bits per heavy atom. The standard InChI is InChI=1S/C15H17N3O3/c1-9-10(2)17-18-14(13(9)15(19)20)16-8-11-4-6-12(21-3)7-5-11/h4-7H,8H2,1-3H3,(H,16,18)(H,19,20). The number of benzene rings is 1. The molecule has 6 heteroatoms. The molecule has 0 saturated carbocycles. The summed E-state index contributed by atoms with van der Waals surface area (Å²) in [6.07, 6.45) is 0. The second kappa shape index (κ2) is 6.21. The van der Waals surface area contributed by atoms with Crippen LogP contribution in [-0.2, 0) is 6.54 Å². The van der Waals surface area contributed by atoms with Crippen LogP contribution in [0.25, 0.3) is 0 Å². The van der Waals surface area contributed by atoms with E-state index in [0.717, 1.165) is 11.3 Å². The average Bonchev–Trinajstić information content (AvgIpc) is 2.48. The molecular weight excluding hydrogens is 270 g/mol. The van der Waals surface area contributed by atoms with Crippen molar-refractivity contribution in [2.24, 2.45) is 0 Å². The second-order valence-electron chi connectivity index (χ2n) is 4.64. The molecule has 0 aliphatic carbocycles. The van der Waals surface area contributed by atoms with Gasteiger partial charge in [-0.25, -0.2) is 4.79 Å². The summed E-state index contributed by atoms with van der Waals surface area (Å²) >= 11 is 0. The van der Waals surface area contributed by atoms with E-state index in [1.807, 2.05) is 24.3 Å². The number of methoxy groups -OCH3 is 1. The third-order valence-electron chi connectivity index (χ3n) is 3.29. The molecule has 0 unspecified atom stereocenters. The van der Waals surface area contributed by atoms with Crippen LogP contribution in [0.3, 0.4) is 0 Å². The molecular formula is C15H17N3O3. The summed E-state index contributed by atoms with van der Waals surface area (Å²) in [6, 6.07) is 7.50. The molecule has 0 amide bonds. The molecule has 0 atom stereocenters. The van der Waals surface area contributed by atoms with Crippen LogP contribution in [0.1, 0.15) is 27.2 Å². The maximum atomic E-state index is 11.4. The van der Waals surface area contributed by atoms with Crippen molar-refractivity contribution in [2.75, 3.05) is 12.4 Å². The van der Waals surface area contributed by atoms with Gasteiger partial charge < -0.3 is 15.2 Å². The summed E-state index contributed by atoms with van der Waals surface area (Å²) in [5, 5.41) is 20.2. The van der Waals surface area contributed by atoms with Gasteiger partial charge in [0.2, 0.25) is 0 Å². The summed E-state index contributed by atoms with van der Waals surface area (Å²) in [6.45, 7) is 3.93. The fourth-order valence-electron chi connectivity index (χ4n) is 1.92. The summed E-state index contributed by atoms with van der Waals surface area (Å²) in [5.41, 5.74) is 2.39. The van der Waals surface area contributed by atoms with Crippen LogP contribution in [0.5, 0.6) is 5.75 Å². The van der Waals surface area contributed by atoms with E-state index >= 15 is 0 Å². The zero-order valence-electron chi connectivity index (χ0n) is 12.2. The van der Waals surface area contributed by atoms with Gasteiger partial charge in [0.1, 0.15) is 11.3 Å². The Kier molecular flexibility index (Phi) is 4.37. The van der Waals surface area contributed by atoms with E-state index in [1.54, 1.807) is 21.0 Å². The first kappa shape index (κ1) is 14.8. The Balaban J connectivity index is 2.19. The van der Waals surface area contributed by atoms with Crippen molar-refractivity contribution in [3.05, 3.63) is 46.6 Å². The predicted molar refractivity (Wildman–Crippen MR) is 78.8 cm³/mol. The summed E-state index contributed by atoms with van der Waals surface area (Å²) in [7, 11) is 1.61. The number of carbonyl (C=O) groups is 1. The Labute approximate surface area is 122 Å². The predicted octanol–water partition coefficient (Wildman–Crippen LogP) is 2.41. The zero-order valence-corrected chi connectivity index (χ0v) is 12.2. The number of nitrogens with zero attached hydrogens (tertiary/aromatic N) is 2. The van der Waals surface area contributed by atoms with Crippen molar-refractivity contribution < 1.29 is 14.6 Å². The number of ether oxygens (including phenoxy) is 1. The molecule has 0 saturated heterocycles. The van der Waals surface area contributed by atoms with Gasteiger partial charge in [-0.15, -0.1) is 5.10 Å². The molecule has 2 aromatic rings. The maximum Gasteiger partial charge on any atom is 0.339 e. The largest absolute Gasteiger partial charge is 0.497 e. The average molecular weight is 287 g/mol. The number of rotatable bonds is 5. The normalized spacial score (nSPS) is 10.2. The molecule has 0 fully saturated rings. The van der Waals surface area contributed by atoms with Crippen molar-refractivity contribution >= 4 is 11.8 Å². The lowest BCUT2D eigenvalue weighted by atomic mass is 10.1. The Hall–Kier alpha value is -2.63. The monoisotopic (exact) mass is 287 g/mol. The lowest BCUT2D eigenvalue weighted by Crippen LogP contribution is -2.12. The van der Waals surface area contributed by atoms with Crippen LogP contribution in [0.2, 0.25) is 0 Å². The lowest BCUT2D eigenvalue weighted by Gasteiger charge is -2.11. The van der Waals surface area contributed by atoms with Crippen LogP contribution < -0.4 is 10.1 Å². The highest BCUT2D eigenvalue weighted by molar-refractivity contribution is 5.94. The smallest absolute Gasteiger partial charge is 0.339 e. The molecule has 0 radical (unpaired) electrons. The summed E-state index contributed by atoms with van der Waals surface area (Å²) < 4.78 is 5.09. The molecule has 0 bridgehead atoms. The number of aromatic nitrogens is 2. The minimum absolute atomic E-state index is 0.163. The number of aromatic carboxylic acids is 1. The first-order chi connectivity index (χ1) is 10.0. The van der Waals surface area contributed by atoms with Gasteiger partial charge in [0.05, 0.1) is 12.8 Å². The van der Waals surface area contributed by atoms with Crippen LogP contribution in [0, 0.1) is 13.8 Å². The topological polar surface area (TPSA) is 84.3 Å². The molecule has 110 valence electrons. The van der Waals surface area contributed by atoms with Gasteiger partial charge in [-0.3, -0.25) is 0 Å². The number of hydrogen-bond donors (Lipinski definition) is 2. The first-order valence-corrected chi connectivity index (χ1v) is 6.47. The van der Waals surface area contributed by atoms with E-state index in [4.69, 9.17) is 4.74 Å². The third kappa shape index (κ3) is 3.28. The van der Waals surface area contributed by atoms with Gasteiger partial charge in [-0.05, 0) is 37.1 Å². The highest BCUT2D eigenvalue weighted by atomic mass is 16.5. The molecule has 6 nitrogen and oxygen atoms in total. The van der Waals surface area contributed by atoms with Crippen molar-refractivity contribution in [3.8, 4) is 5.75 Å². The van der Waals surface area contributed by atoms with Crippen molar-refractivity contribution in [2.45, 2.75) is 20.4 Å². The van der Waals surface area contributed by atoms with E-state index in [9.17, 15) is 9.90 Å².